The maximum absolute atomic E-state index is 12.5. The molecule has 0 unspecified atom stereocenters. The van der Waals surface area contributed by atoms with Gasteiger partial charge in [-0.25, -0.2) is 12.7 Å². The predicted molar refractivity (Wildman–Crippen MR) is 78.9 cm³/mol. The molecule has 0 atom stereocenters. The largest absolute Gasteiger partial charge is 0.398 e. The summed E-state index contributed by atoms with van der Waals surface area (Å²) in [5, 5.41) is 0. The SMILES string of the molecule is Nc1ccccc1CS(=O)(=O)N1CCC2(CC1)OCCO2. The number of nitrogens with zero attached hydrogens (tertiary/aromatic N) is 1. The van der Waals surface area contributed by atoms with Gasteiger partial charge in [-0.2, -0.15) is 0 Å². The number of piperidine rings is 1. The van der Waals surface area contributed by atoms with Crippen LogP contribution in [0.15, 0.2) is 24.3 Å². The van der Waals surface area contributed by atoms with Crippen molar-refractivity contribution in [3.8, 4) is 0 Å². The van der Waals surface area contributed by atoms with E-state index in [2.05, 4.69) is 0 Å². The first kappa shape index (κ1) is 14.8. The van der Waals surface area contributed by atoms with Crippen molar-refractivity contribution in [1.82, 2.24) is 4.31 Å². The average Bonchev–Trinajstić information content (AvgIpc) is 2.90. The monoisotopic (exact) mass is 312 g/mol. The minimum atomic E-state index is -3.36. The Morgan fingerprint density at radius 2 is 1.76 bits per heavy atom. The first-order chi connectivity index (χ1) is 10.0. The minimum Gasteiger partial charge on any atom is -0.398 e. The molecular formula is C14H20N2O4S. The zero-order chi connectivity index (χ0) is 14.9. The van der Waals surface area contributed by atoms with Gasteiger partial charge in [0.1, 0.15) is 0 Å². The molecule has 1 aromatic rings. The number of nitrogens with two attached hydrogens (primary N) is 1. The lowest BCUT2D eigenvalue weighted by Crippen LogP contribution is -2.47. The highest BCUT2D eigenvalue weighted by Crippen LogP contribution is 2.32. The van der Waals surface area contributed by atoms with Gasteiger partial charge in [-0.05, 0) is 11.6 Å². The zero-order valence-electron chi connectivity index (χ0n) is 11.8. The second-order valence-electron chi connectivity index (χ2n) is 5.46. The van der Waals surface area contributed by atoms with Gasteiger partial charge in [0.15, 0.2) is 5.79 Å². The van der Waals surface area contributed by atoms with Gasteiger partial charge in [-0.15, -0.1) is 0 Å². The van der Waals surface area contributed by atoms with E-state index in [1.165, 1.54) is 4.31 Å². The molecule has 0 amide bonds. The van der Waals surface area contributed by atoms with Gasteiger partial charge in [0.25, 0.3) is 0 Å². The third-order valence-corrected chi connectivity index (χ3v) is 5.91. The van der Waals surface area contributed by atoms with Gasteiger partial charge in [0, 0.05) is 31.6 Å². The van der Waals surface area contributed by atoms with Crippen LogP contribution in [0.1, 0.15) is 18.4 Å². The Morgan fingerprint density at radius 1 is 1.14 bits per heavy atom. The van der Waals surface area contributed by atoms with Crippen LogP contribution in [0.2, 0.25) is 0 Å². The Balaban J connectivity index is 1.68. The van der Waals surface area contributed by atoms with Crippen molar-refractivity contribution in [1.29, 1.82) is 0 Å². The molecule has 2 aliphatic rings. The molecule has 7 heteroatoms. The third kappa shape index (κ3) is 3.06. The van der Waals surface area contributed by atoms with Gasteiger partial charge in [0.05, 0.1) is 19.0 Å². The van der Waals surface area contributed by atoms with Crippen LogP contribution < -0.4 is 5.73 Å². The third-order valence-electron chi connectivity index (χ3n) is 4.08. The van der Waals surface area contributed by atoms with Gasteiger partial charge < -0.3 is 15.2 Å². The Morgan fingerprint density at radius 3 is 2.38 bits per heavy atom. The Labute approximate surface area is 124 Å². The Hall–Kier alpha value is -1.15. The molecule has 1 aromatic carbocycles. The number of benzene rings is 1. The fourth-order valence-electron chi connectivity index (χ4n) is 2.84. The molecule has 116 valence electrons. The zero-order valence-corrected chi connectivity index (χ0v) is 12.6. The van der Waals surface area contributed by atoms with E-state index in [1.54, 1.807) is 24.3 Å². The number of anilines is 1. The molecule has 6 nitrogen and oxygen atoms in total. The van der Waals surface area contributed by atoms with Gasteiger partial charge in [-0.3, -0.25) is 0 Å². The summed E-state index contributed by atoms with van der Waals surface area (Å²) in [6.07, 6.45) is 1.16. The van der Waals surface area contributed by atoms with Crippen molar-refractivity contribution in [2.75, 3.05) is 32.0 Å². The number of para-hydroxylation sites is 1. The molecule has 2 N–H and O–H groups in total. The standard InChI is InChI=1S/C14H20N2O4S/c15-13-4-2-1-3-12(13)11-21(17,18)16-7-5-14(6-8-16)19-9-10-20-14/h1-4H,5-11,15H2. The highest BCUT2D eigenvalue weighted by atomic mass is 32.2. The molecule has 2 aliphatic heterocycles. The van der Waals surface area contributed by atoms with E-state index in [0.29, 0.717) is 50.4 Å². The Kier molecular flexibility index (Phi) is 3.92. The fraction of sp³-hybridized carbons (Fsp3) is 0.571. The first-order valence-electron chi connectivity index (χ1n) is 7.10. The molecule has 0 aromatic heterocycles. The van der Waals surface area contributed by atoms with Crippen molar-refractivity contribution in [3.05, 3.63) is 29.8 Å². The number of hydrogen-bond donors (Lipinski definition) is 1. The van der Waals surface area contributed by atoms with Crippen LogP contribution in [0.25, 0.3) is 0 Å². The van der Waals surface area contributed by atoms with E-state index in [4.69, 9.17) is 15.2 Å². The van der Waals surface area contributed by atoms with Crippen molar-refractivity contribution in [2.45, 2.75) is 24.4 Å². The summed E-state index contributed by atoms with van der Waals surface area (Å²) < 4.78 is 37.7. The summed E-state index contributed by atoms with van der Waals surface area (Å²) in [6, 6.07) is 7.06. The molecule has 2 heterocycles. The summed E-state index contributed by atoms with van der Waals surface area (Å²) >= 11 is 0. The van der Waals surface area contributed by atoms with E-state index in [9.17, 15) is 8.42 Å². The van der Waals surface area contributed by atoms with Crippen LogP contribution in [0.4, 0.5) is 5.69 Å². The summed E-state index contributed by atoms with van der Waals surface area (Å²) in [4.78, 5) is 0. The number of rotatable bonds is 3. The quantitative estimate of drug-likeness (QED) is 0.840. The van der Waals surface area contributed by atoms with Crippen LogP contribution >= 0.6 is 0 Å². The van der Waals surface area contributed by atoms with E-state index in [0.717, 1.165) is 0 Å². The molecule has 0 aliphatic carbocycles. The first-order valence-corrected chi connectivity index (χ1v) is 8.71. The molecular weight excluding hydrogens is 292 g/mol. The van der Waals surface area contributed by atoms with Crippen molar-refractivity contribution in [2.24, 2.45) is 0 Å². The predicted octanol–water partition coefficient (Wildman–Crippen LogP) is 0.938. The number of sulfonamides is 1. The summed E-state index contributed by atoms with van der Waals surface area (Å²) in [5.74, 6) is -0.619. The van der Waals surface area contributed by atoms with Crippen LogP contribution in [0, 0.1) is 0 Å². The topological polar surface area (TPSA) is 81.9 Å². The van der Waals surface area contributed by atoms with Crippen molar-refractivity contribution in [3.63, 3.8) is 0 Å². The van der Waals surface area contributed by atoms with Crippen molar-refractivity contribution < 1.29 is 17.9 Å². The lowest BCUT2D eigenvalue weighted by atomic mass is 10.1. The van der Waals surface area contributed by atoms with Crippen LogP contribution in [0.5, 0.6) is 0 Å². The molecule has 3 rings (SSSR count). The normalized spacial score (nSPS) is 22.7. The molecule has 0 radical (unpaired) electrons. The molecule has 1 spiro atoms. The lowest BCUT2D eigenvalue weighted by Gasteiger charge is -2.36. The number of hydrogen-bond acceptors (Lipinski definition) is 5. The van der Waals surface area contributed by atoms with Crippen LogP contribution in [-0.4, -0.2) is 44.8 Å². The molecule has 2 fully saturated rings. The average molecular weight is 312 g/mol. The molecule has 0 saturated carbocycles. The Bertz CT molecular complexity index is 601. The molecule has 21 heavy (non-hydrogen) atoms. The van der Waals surface area contributed by atoms with E-state index in [-0.39, 0.29) is 5.75 Å². The van der Waals surface area contributed by atoms with Gasteiger partial charge in [-0.1, -0.05) is 18.2 Å². The summed E-state index contributed by atoms with van der Waals surface area (Å²) in [6.45, 7) is 2.03. The highest BCUT2D eigenvalue weighted by molar-refractivity contribution is 7.88. The lowest BCUT2D eigenvalue weighted by molar-refractivity contribution is -0.179. The second kappa shape index (κ2) is 5.57. The van der Waals surface area contributed by atoms with E-state index in [1.807, 2.05) is 0 Å². The summed E-state index contributed by atoms with van der Waals surface area (Å²) in [7, 11) is -3.36. The van der Waals surface area contributed by atoms with Gasteiger partial charge in [0.2, 0.25) is 10.0 Å². The van der Waals surface area contributed by atoms with Gasteiger partial charge >= 0.3 is 0 Å². The van der Waals surface area contributed by atoms with Crippen LogP contribution in [-0.2, 0) is 25.2 Å². The fourth-order valence-corrected chi connectivity index (χ4v) is 4.42. The van der Waals surface area contributed by atoms with Crippen molar-refractivity contribution >= 4 is 15.7 Å². The number of ether oxygens (including phenoxy) is 2. The number of nitrogen functional groups attached to an aromatic ring is 1. The highest BCUT2D eigenvalue weighted by Gasteiger charge is 2.42. The summed E-state index contributed by atoms with van der Waals surface area (Å²) in [5.41, 5.74) is 6.98. The van der Waals surface area contributed by atoms with E-state index >= 15 is 0 Å². The van der Waals surface area contributed by atoms with E-state index < -0.39 is 15.8 Å². The molecule has 0 bridgehead atoms. The minimum absolute atomic E-state index is 0.0611. The second-order valence-corrected chi connectivity index (χ2v) is 7.43. The smallest absolute Gasteiger partial charge is 0.218 e. The maximum atomic E-state index is 12.5. The maximum Gasteiger partial charge on any atom is 0.218 e. The van der Waals surface area contributed by atoms with Crippen LogP contribution in [0.3, 0.4) is 0 Å². The molecule has 2 saturated heterocycles.